The molecule has 0 aliphatic rings. The van der Waals surface area contributed by atoms with E-state index in [2.05, 4.69) is 139 Å². The van der Waals surface area contributed by atoms with E-state index in [0.717, 1.165) is 77.5 Å². The maximum Gasteiger partial charge on any atom is 0.0972 e. The van der Waals surface area contributed by atoms with Gasteiger partial charge in [-0.15, -0.1) is 0 Å². The van der Waals surface area contributed by atoms with Gasteiger partial charge in [0.25, 0.3) is 0 Å². The van der Waals surface area contributed by atoms with Gasteiger partial charge in [0.2, 0.25) is 0 Å². The Morgan fingerprint density at radius 1 is 0.381 bits per heavy atom. The molecule has 7 rings (SSSR count). The van der Waals surface area contributed by atoms with Crippen molar-refractivity contribution in [3.63, 3.8) is 0 Å². The largest absolute Gasteiger partial charge is 0.250 e. The van der Waals surface area contributed by atoms with E-state index in [1.807, 2.05) is 0 Å². The van der Waals surface area contributed by atoms with Gasteiger partial charge in [0.1, 0.15) is 0 Å². The third-order valence-electron chi connectivity index (χ3n) is 8.03. The Labute approximate surface area is 246 Å². The summed E-state index contributed by atoms with van der Waals surface area (Å²) in [6.07, 6.45) is 0. The topological polar surface area (TPSA) is 51.6 Å². The number of benzene rings is 3. The zero-order valence-corrected chi connectivity index (χ0v) is 25.0. The van der Waals surface area contributed by atoms with Gasteiger partial charge in [0, 0.05) is 54.9 Å². The van der Waals surface area contributed by atoms with Gasteiger partial charge < -0.3 is 0 Å². The highest BCUT2D eigenvalue weighted by atomic mass is 14.8. The highest BCUT2D eigenvalue weighted by Crippen LogP contribution is 2.32. The lowest BCUT2D eigenvalue weighted by molar-refractivity contribution is 0.571. The number of hydrogen-bond acceptors (Lipinski definition) is 4. The van der Waals surface area contributed by atoms with Crippen molar-refractivity contribution in [1.29, 1.82) is 0 Å². The molecular weight excluding hydrogens is 512 g/mol. The molecule has 206 valence electrons. The fraction of sp³-hybridized carbons (Fsp3) is 0.211. The number of fused-ring (bicyclic) bond motifs is 6. The molecule has 4 aromatic heterocycles. The van der Waals surface area contributed by atoms with Crippen molar-refractivity contribution in [2.75, 3.05) is 0 Å². The van der Waals surface area contributed by atoms with Crippen LogP contribution >= 0.6 is 0 Å². The molecule has 0 aliphatic carbocycles. The molecule has 7 aromatic rings. The fourth-order valence-electron chi connectivity index (χ4n) is 5.53. The molecule has 4 heterocycles. The van der Waals surface area contributed by atoms with Gasteiger partial charge in [-0.25, -0.2) is 19.9 Å². The van der Waals surface area contributed by atoms with Gasteiger partial charge in [-0.1, -0.05) is 108 Å². The third kappa shape index (κ3) is 4.57. The first-order chi connectivity index (χ1) is 20.0. The molecule has 0 radical (unpaired) electrons. The molecule has 0 atom stereocenters. The number of rotatable bonds is 2. The van der Waals surface area contributed by atoms with Crippen LogP contribution in [-0.2, 0) is 10.8 Å². The van der Waals surface area contributed by atoms with Crippen LogP contribution in [0.1, 0.15) is 52.9 Å². The van der Waals surface area contributed by atoms with Crippen LogP contribution in [0.5, 0.6) is 0 Å². The van der Waals surface area contributed by atoms with Gasteiger partial charge in [-0.05, 0) is 30.3 Å². The molecular formula is C38H34N4. The van der Waals surface area contributed by atoms with Crippen LogP contribution in [0.2, 0.25) is 0 Å². The minimum atomic E-state index is -0.0374. The van der Waals surface area contributed by atoms with Crippen molar-refractivity contribution >= 4 is 43.6 Å². The average Bonchev–Trinajstić information content (AvgIpc) is 2.99. The zero-order chi connectivity index (χ0) is 29.2. The second-order valence-corrected chi connectivity index (χ2v) is 13.3. The van der Waals surface area contributed by atoms with E-state index < -0.39 is 0 Å². The van der Waals surface area contributed by atoms with E-state index in [1.165, 1.54) is 0 Å². The molecule has 0 spiro atoms. The molecule has 4 heteroatoms. The summed E-state index contributed by atoms with van der Waals surface area (Å²) in [6, 6.07) is 34.1. The summed E-state index contributed by atoms with van der Waals surface area (Å²) in [5.74, 6) is 0. The number of aromatic nitrogens is 4. The van der Waals surface area contributed by atoms with Crippen LogP contribution in [0.4, 0.5) is 0 Å². The zero-order valence-electron chi connectivity index (χ0n) is 25.0. The molecule has 0 unspecified atom stereocenters. The Kier molecular flexibility index (Phi) is 5.88. The van der Waals surface area contributed by atoms with E-state index in [4.69, 9.17) is 19.9 Å². The third-order valence-corrected chi connectivity index (χ3v) is 8.03. The normalized spacial score (nSPS) is 12.5. The molecule has 0 N–H and O–H groups in total. The second-order valence-electron chi connectivity index (χ2n) is 13.3. The Bertz CT molecular complexity index is 2010. The van der Waals surface area contributed by atoms with Crippen molar-refractivity contribution in [1.82, 2.24) is 19.9 Å². The predicted molar refractivity (Wildman–Crippen MR) is 176 cm³/mol. The Balaban J connectivity index is 1.35. The van der Waals surface area contributed by atoms with Gasteiger partial charge in [-0.3, -0.25) is 0 Å². The molecule has 0 amide bonds. The average molecular weight is 547 g/mol. The van der Waals surface area contributed by atoms with Crippen molar-refractivity contribution in [3.8, 4) is 22.5 Å². The maximum atomic E-state index is 5.16. The van der Waals surface area contributed by atoms with Crippen molar-refractivity contribution < 1.29 is 0 Å². The Hall–Kier alpha value is -4.70. The molecule has 0 fully saturated rings. The smallest absolute Gasteiger partial charge is 0.0972 e. The summed E-state index contributed by atoms with van der Waals surface area (Å²) < 4.78 is 0. The summed E-state index contributed by atoms with van der Waals surface area (Å²) in [7, 11) is 0. The monoisotopic (exact) mass is 546 g/mol. The standard InChI is InChI=1S/C38H34N4/c1-37(2,3)31-20-16-25-12-10-23-14-18-29(39-33(23)35(25)41-31)27-8-7-9-28(22-27)30-19-15-24-11-13-26-17-21-32(38(4,5)6)42-36(26)34(24)40-30/h7-22H,1-6H3. The molecule has 0 saturated carbocycles. The first-order valence-electron chi connectivity index (χ1n) is 14.6. The van der Waals surface area contributed by atoms with Crippen LogP contribution in [-0.4, -0.2) is 19.9 Å². The fourth-order valence-corrected chi connectivity index (χ4v) is 5.53. The number of pyridine rings is 4. The van der Waals surface area contributed by atoms with E-state index in [9.17, 15) is 0 Å². The maximum absolute atomic E-state index is 5.16. The lowest BCUT2D eigenvalue weighted by Crippen LogP contribution is -2.13. The quantitative estimate of drug-likeness (QED) is 0.203. The molecule has 4 nitrogen and oxygen atoms in total. The van der Waals surface area contributed by atoms with Gasteiger partial charge in [-0.2, -0.15) is 0 Å². The summed E-state index contributed by atoms with van der Waals surface area (Å²) in [5, 5.41) is 4.38. The first kappa shape index (κ1) is 26.2. The second kappa shape index (κ2) is 9.42. The summed E-state index contributed by atoms with van der Waals surface area (Å²) >= 11 is 0. The van der Waals surface area contributed by atoms with Crippen LogP contribution in [0.25, 0.3) is 66.1 Å². The van der Waals surface area contributed by atoms with Crippen LogP contribution < -0.4 is 0 Å². The Morgan fingerprint density at radius 3 is 1.10 bits per heavy atom. The summed E-state index contributed by atoms with van der Waals surface area (Å²) in [5.41, 5.74) is 9.74. The van der Waals surface area contributed by atoms with Gasteiger partial charge >= 0.3 is 0 Å². The van der Waals surface area contributed by atoms with Crippen molar-refractivity contribution in [2.24, 2.45) is 0 Å². The van der Waals surface area contributed by atoms with Crippen LogP contribution in [0.15, 0.2) is 97.1 Å². The SMILES string of the molecule is CC(C)(C)c1ccc2ccc3ccc(-c4cccc(-c5ccc6ccc7ccc(C(C)(C)C)nc7c6n5)c4)nc3c2n1. The van der Waals surface area contributed by atoms with Crippen LogP contribution in [0.3, 0.4) is 0 Å². The number of nitrogens with zero attached hydrogens (tertiary/aromatic N) is 4. The first-order valence-corrected chi connectivity index (χ1v) is 14.6. The molecule has 0 bridgehead atoms. The van der Waals surface area contributed by atoms with E-state index in [-0.39, 0.29) is 10.8 Å². The highest BCUT2D eigenvalue weighted by molar-refractivity contribution is 6.04. The predicted octanol–water partition coefficient (Wildman–Crippen LogP) is 9.81. The molecule has 0 saturated heterocycles. The minimum Gasteiger partial charge on any atom is -0.250 e. The van der Waals surface area contributed by atoms with E-state index >= 15 is 0 Å². The molecule has 0 aliphatic heterocycles. The van der Waals surface area contributed by atoms with Gasteiger partial charge in [0.05, 0.1) is 33.5 Å². The lowest BCUT2D eigenvalue weighted by atomic mass is 9.91. The summed E-state index contributed by atoms with van der Waals surface area (Å²) in [4.78, 5) is 20.5. The lowest BCUT2D eigenvalue weighted by Gasteiger charge is -2.18. The van der Waals surface area contributed by atoms with Gasteiger partial charge in [0.15, 0.2) is 0 Å². The van der Waals surface area contributed by atoms with Crippen molar-refractivity contribution in [3.05, 3.63) is 108 Å². The van der Waals surface area contributed by atoms with Crippen molar-refractivity contribution in [2.45, 2.75) is 52.4 Å². The minimum absolute atomic E-state index is 0.0374. The summed E-state index contributed by atoms with van der Waals surface area (Å²) in [6.45, 7) is 13.2. The molecule has 42 heavy (non-hydrogen) atoms. The number of hydrogen-bond donors (Lipinski definition) is 0. The molecule has 3 aromatic carbocycles. The van der Waals surface area contributed by atoms with E-state index in [0.29, 0.717) is 0 Å². The van der Waals surface area contributed by atoms with E-state index in [1.54, 1.807) is 0 Å². The highest BCUT2D eigenvalue weighted by Gasteiger charge is 2.18. The Morgan fingerprint density at radius 2 is 0.714 bits per heavy atom. The van der Waals surface area contributed by atoms with Crippen LogP contribution in [0, 0.1) is 0 Å².